The van der Waals surface area contributed by atoms with Crippen LogP contribution in [0.5, 0.6) is 0 Å². The molecule has 0 bridgehead atoms. The summed E-state index contributed by atoms with van der Waals surface area (Å²) in [5, 5.41) is 0. The molecule has 78 valence electrons. The molecular formula is C12H15N3. The van der Waals surface area contributed by atoms with Gasteiger partial charge in [-0.25, -0.2) is 4.98 Å². The van der Waals surface area contributed by atoms with Crippen molar-refractivity contribution in [2.45, 2.75) is 19.4 Å². The van der Waals surface area contributed by atoms with E-state index < -0.39 is 0 Å². The van der Waals surface area contributed by atoms with E-state index >= 15 is 0 Å². The Morgan fingerprint density at radius 2 is 2.07 bits per heavy atom. The third-order valence-corrected chi connectivity index (χ3v) is 2.26. The molecule has 3 nitrogen and oxygen atoms in total. The molecule has 0 radical (unpaired) electrons. The molecule has 0 aliphatic rings. The Balaban J connectivity index is 2.33. The van der Waals surface area contributed by atoms with Crippen LogP contribution in [-0.2, 0) is 6.42 Å². The number of para-hydroxylation sites is 1. The first-order valence-electron chi connectivity index (χ1n) is 5.10. The quantitative estimate of drug-likeness (QED) is 0.822. The third-order valence-electron chi connectivity index (χ3n) is 2.26. The summed E-state index contributed by atoms with van der Waals surface area (Å²) >= 11 is 0. The molecular weight excluding hydrogens is 186 g/mol. The molecule has 1 heterocycles. The number of nitrogens with two attached hydrogens (primary N) is 1. The minimum Gasteiger partial charge on any atom is -0.328 e. The monoisotopic (exact) mass is 201 g/mol. The van der Waals surface area contributed by atoms with E-state index in [1.165, 1.54) is 0 Å². The van der Waals surface area contributed by atoms with E-state index in [0.717, 1.165) is 17.9 Å². The number of hydrogen-bond donors (Lipinski definition) is 1. The van der Waals surface area contributed by atoms with Gasteiger partial charge in [-0.2, -0.15) is 0 Å². The van der Waals surface area contributed by atoms with Gasteiger partial charge in [0.15, 0.2) is 0 Å². The van der Waals surface area contributed by atoms with Crippen molar-refractivity contribution in [2.24, 2.45) is 5.73 Å². The van der Waals surface area contributed by atoms with Gasteiger partial charge in [0.25, 0.3) is 0 Å². The Hall–Kier alpha value is -1.61. The highest BCUT2D eigenvalue weighted by Gasteiger charge is 2.06. The zero-order valence-electron chi connectivity index (χ0n) is 8.80. The fourth-order valence-corrected chi connectivity index (χ4v) is 1.60. The lowest BCUT2D eigenvalue weighted by atomic mass is 10.2. The summed E-state index contributed by atoms with van der Waals surface area (Å²) in [6.45, 7) is 1.99. The molecule has 1 unspecified atom stereocenters. The Morgan fingerprint density at radius 3 is 2.73 bits per heavy atom. The molecule has 0 aliphatic heterocycles. The lowest BCUT2D eigenvalue weighted by molar-refractivity contribution is 0.692. The van der Waals surface area contributed by atoms with Crippen LogP contribution in [0.3, 0.4) is 0 Å². The molecule has 1 aromatic heterocycles. The van der Waals surface area contributed by atoms with E-state index in [0.29, 0.717) is 0 Å². The second-order valence-corrected chi connectivity index (χ2v) is 3.73. The highest BCUT2D eigenvalue weighted by atomic mass is 15.1. The zero-order valence-corrected chi connectivity index (χ0v) is 8.80. The maximum Gasteiger partial charge on any atom is 0.114 e. The summed E-state index contributed by atoms with van der Waals surface area (Å²) in [5.41, 5.74) is 6.91. The van der Waals surface area contributed by atoms with Crippen LogP contribution in [0.1, 0.15) is 12.7 Å². The fraction of sp³-hybridized carbons (Fsp3) is 0.250. The summed E-state index contributed by atoms with van der Waals surface area (Å²) in [7, 11) is 0. The summed E-state index contributed by atoms with van der Waals surface area (Å²) < 4.78 is 2.07. The Labute approximate surface area is 89.6 Å². The number of rotatable bonds is 3. The first-order chi connectivity index (χ1) is 7.27. The van der Waals surface area contributed by atoms with E-state index in [9.17, 15) is 0 Å². The van der Waals surface area contributed by atoms with E-state index in [4.69, 9.17) is 5.73 Å². The molecule has 0 aliphatic carbocycles. The van der Waals surface area contributed by atoms with E-state index in [-0.39, 0.29) is 6.04 Å². The first-order valence-corrected chi connectivity index (χ1v) is 5.10. The predicted molar refractivity (Wildman–Crippen MR) is 60.9 cm³/mol. The molecule has 0 fully saturated rings. The van der Waals surface area contributed by atoms with Crippen molar-refractivity contribution in [2.75, 3.05) is 0 Å². The highest BCUT2D eigenvalue weighted by Crippen LogP contribution is 2.10. The molecule has 0 saturated heterocycles. The van der Waals surface area contributed by atoms with Crippen molar-refractivity contribution < 1.29 is 0 Å². The van der Waals surface area contributed by atoms with Crippen molar-refractivity contribution >= 4 is 0 Å². The van der Waals surface area contributed by atoms with Gasteiger partial charge < -0.3 is 10.3 Å². The SMILES string of the molecule is CC(N)Cc1nccn1-c1ccccc1. The van der Waals surface area contributed by atoms with E-state index in [1.807, 2.05) is 37.5 Å². The molecule has 2 rings (SSSR count). The second kappa shape index (κ2) is 4.28. The van der Waals surface area contributed by atoms with Crippen LogP contribution < -0.4 is 5.73 Å². The Kier molecular flexibility index (Phi) is 2.83. The van der Waals surface area contributed by atoms with Gasteiger partial charge in [0, 0.05) is 30.5 Å². The highest BCUT2D eigenvalue weighted by molar-refractivity contribution is 5.32. The van der Waals surface area contributed by atoms with Crippen LogP contribution in [0, 0.1) is 0 Å². The van der Waals surface area contributed by atoms with Crippen molar-refractivity contribution in [1.82, 2.24) is 9.55 Å². The molecule has 0 spiro atoms. The van der Waals surface area contributed by atoms with Gasteiger partial charge in [-0.1, -0.05) is 18.2 Å². The Bertz CT molecular complexity index is 417. The van der Waals surface area contributed by atoms with Crippen LogP contribution in [0.4, 0.5) is 0 Å². The average molecular weight is 201 g/mol. The summed E-state index contributed by atoms with van der Waals surface area (Å²) in [5.74, 6) is 1.01. The normalized spacial score (nSPS) is 12.7. The number of benzene rings is 1. The summed E-state index contributed by atoms with van der Waals surface area (Å²) in [6, 6.07) is 10.3. The fourth-order valence-electron chi connectivity index (χ4n) is 1.60. The number of aromatic nitrogens is 2. The number of imidazole rings is 1. The van der Waals surface area contributed by atoms with Gasteiger partial charge in [-0.3, -0.25) is 0 Å². The van der Waals surface area contributed by atoms with Crippen LogP contribution in [-0.4, -0.2) is 15.6 Å². The van der Waals surface area contributed by atoms with Gasteiger partial charge in [0.1, 0.15) is 5.82 Å². The topological polar surface area (TPSA) is 43.8 Å². The van der Waals surface area contributed by atoms with E-state index in [1.54, 1.807) is 0 Å². The van der Waals surface area contributed by atoms with Crippen molar-refractivity contribution in [3.8, 4) is 5.69 Å². The van der Waals surface area contributed by atoms with Crippen molar-refractivity contribution in [3.63, 3.8) is 0 Å². The van der Waals surface area contributed by atoms with Gasteiger partial charge in [0.05, 0.1) is 0 Å². The second-order valence-electron chi connectivity index (χ2n) is 3.73. The molecule has 1 aromatic carbocycles. The van der Waals surface area contributed by atoms with E-state index in [2.05, 4.69) is 21.7 Å². The van der Waals surface area contributed by atoms with Gasteiger partial charge in [0.2, 0.25) is 0 Å². The van der Waals surface area contributed by atoms with Gasteiger partial charge in [-0.05, 0) is 19.1 Å². The summed E-state index contributed by atoms with van der Waals surface area (Å²) in [4.78, 5) is 4.32. The third kappa shape index (κ3) is 2.25. The smallest absolute Gasteiger partial charge is 0.114 e. The molecule has 3 heteroatoms. The standard InChI is InChI=1S/C12H15N3/c1-10(13)9-12-14-7-8-15(12)11-5-3-2-4-6-11/h2-8,10H,9,13H2,1H3. The predicted octanol–water partition coefficient (Wildman–Crippen LogP) is 1.76. The summed E-state index contributed by atoms with van der Waals surface area (Å²) in [6.07, 6.45) is 4.57. The molecule has 0 saturated carbocycles. The largest absolute Gasteiger partial charge is 0.328 e. The number of hydrogen-bond acceptors (Lipinski definition) is 2. The average Bonchev–Trinajstić information content (AvgIpc) is 2.66. The minimum absolute atomic E-state index is 0.134. The lowest BCUT2D eigenvalue weighted by Crippen LogP contribution is -2.20. The molecule has 2 aromatic rings. The molecule has 15 heavy (non-hydrogen) atoms. The maximum absolute atomic E-state index is 5.78. The zero-order chi connectivity index (χ0) is 10.7. The lowest BCUT2D eigenvalue weighted by Gasteiger charge is -2.09. The maximum atomic E-state index is 5.78. The van der Waals surface area contributed by atoms with Crippen LogP contribution >= 0.6 is 0 Å². The van der Waals surface area contributed by atoms with Crippen LogP contribution in [0.15, 0.2) is 42.7 Å². The van der Waals surface area contributed by atoms with Gasteiger partial charge >= 0.3 is 0 Å². The van der Waals surface area contributed by atoms with Crippen LogP contribution in [0.2, 0.25) is 0 Å². The van der Waals surface area contributed by atoms with Crippen molar-refractivity contribution in [3.05, 3.63) is 48.5 Å². The molecule has 1 atom stereocenters. The van der Waals surface area contributed by atoms with Crippen molar-refractivity contribution in [1.29, 1.82) is 0 Å². The van der Waals surface area contributed by atoms with Crippen LogP contribution in [0.25, 0.3) is 5.69 Å². The van der Waals surface area contributed by atoms with Gasteiger partial charge in [-0.15, -0.1) is 0 Å². The molecule has 2 N–H and O–H groups in total. The molecule has 0 amide bonds. The first kappa shape index (κ1) is 9.93. The number of nitrogens with zero attached hydrogens (tertiary/aromatic N) is 2. The minimum atomic E-state index is 0.134. The Morgan fingerprint density at radius 1 is 1.33 bits per heavy atom.